The van der Waals surface area contributed by atoms with Gasteiger partial charge in [0, 0.05) is 30.1 Å². The van der Waals surface area contributed by atoms with E-state index in [1.165, 1.54) is 0 Å². The molecule has 1 aliphatic rings. The Balaban J connectivity index is 2.10. The van der Waals surface area contributed by atoms with Crippen LogP contribution in [0.15, 0.2) is 60.7 Å². The summed E-state index contributed by atoms with van der Waals surface area (Å²) in [4.78, 5) is 22.8. The van der Waals surface area contributed by atoms with Gasteiger partial charge in [-0.3, -0.25) is 10.1 Å². The lowest BCUT2D eigenvalue weighted by Gasteiger charge is -2.53. The fraction of sp³-hybridized carbons (Fsp3) is 0.316. The van der Waals surface area contributed by atoms with E-state index in [-0.39, 0.29) is 29.1 Å². The van der Waals surface area contributed by atoms with Crippen molar-refractivity contribution in [3.05, 3.63) is 81.9 Å². The topological polar surface area (TPSA) is 60.2 Å². The van der Waals surface area contributed by atoms with Gasteiger partial charge in [0.15, 0.2) is 0 Å². The van der Waals surface area contributed by atoms with Crippen molar-refractivity contribution in [3.8, 4) is 0 Å². The molecule has 0 heterocycles. The van der Waals surface area contributed by atoms with Gasteiger partial charge in [0.25, 0.3) is 0 Å². The first-order valence-electron chi connectivity index (χ1n) is 7.78. The first-order valence-corrected chi connectivity index (χ1v) is 7.78. The normalized spacial score (nSPS) is 29.5. The van der Waals surface area contributed by atoms with E-state index in [1.807, 2.05) is 60.7 Å². The van der Waals surface area contributed by atoms with Crippen LogP contribution in [0.1, 0.15) is 36.3 Å². The second kappa shape index (κ2) is 5.95. The van der Waals surface area contributed by atoms with Crippen LogP contribution in [0.5, 0.6) is 0 Å². The molecule has 23 heavy (non-hydrogen) atoms. The lowest BCUT2D eigenvalue weighted by atomic mass is 9.48. The van der Waals surface area contributed by atoms with Crippen molar-refractivity contribution in [2.24, 2.45) is 5.92 Å². The molecule has 0 bridgehead atoms. The quantitative estimate of drug-likeness (QED) is 0.479. The Hall–Kier alpha value is -2.49. The first-order chi connectivity index (χ1) is 11.1. The fourth-order valence-electron chi connectivity index (χ4n) is 4.11. The highest BCUT2D eigenvalue weighted by atomic mass is 16.6. The largest absolute Gasteiger partial charge is 0.303 e. The molecule has 118 valence electrons. The summed E-state index contributed by atoms with van der Waals surface area (Å²) in [7, 11) is 0. The van der Waals surface area contributed by atoms with E-state index in [0.717, 1.165) is 17.4 Å². The molecular weight excluding hydrogens is 290 g/mol. The second-order valence-electron chi connectivity index (χ2n) is 6.32. The van der Waals surface area contributed by atoms with Gasteiger partial charge in [-0.1, -0.05) is 60.7 Å². The summed E-state index contributed by atoms with van der Waals surface area (Å²) in [5.41, 5.74) is 0.901. The second-order valence-corrected chi connectivity index (χ2v) is 6.32. The number of nitro groups is 1. The van der Waals surface area contributed by atoms with Gasteiger partial charge in [0.2, 0.25) is 5.54 Å². The molecule has 1 saturated carbocycles. The van der Waals surface area contributed by atoms with Gasteiger partial charge in [-0.05, 0) is 11.1 Å². The molecule has 4 atom stereocenters. The Labute approximate surface area is 135 Å². The van der Waals surface area contributed by atoms with Crippen LogP contribution in [-0.4, -0.2) is 16.7 Å². The fourth-order valence-corrected chi connectivity index (χ4v) is 4.11. The summed E-state index contributed by atoms with van der Waals surface area (Å²) in [5.74, 6) is -0.534. The molecule has 0 radical (unpaired) electrons. The third-order valence-electron chi connectivity index (χ3n) is 5.26. The summed E-state index contributed by atoms with van der Waals surface area (Å²) in [6.45, 7) is 1.68. The molecule has 0 spiro atoms. The Kier molecular flexibility index (Phi) is 3.99. The van der Waals surface area contributed by atoms with Crippen LogP contribution in [0, 0.1) is 16.0 Å². The number of hydrogen-bond donors (Lipinski definition) is 0. The summed E-state index contributed by atoms with van der Waals surface area (Å²) < 4.78 is 0. The summed E-state index contributed by atoms with van der Waals surface area (Å²) in [6.07, 6.45) is 1.02. The van der Waals surface area contributed by atoms with Gasteiger partial charge in [-0.25, -0.2) is 0 Å². The van der Waals surface area contributed by atoms with Crippen LogP contribution in [0.4, 0.5) is 0 Å². The Morgan fingerprint density at radius 1 is 1.04 bits per heavy atom. The van der Waals surface area contributed by atoms with Crippen molar-refractivity contribution < 1.29 is 9.72 Å². The molecule has 4 heteroatoms. The zero-order valence-electron chi connectivity index (χ0n) is 13.0. The predicted molar refractivity (Wildman–Crippen MR) is 87.9 cm³/mol. The van der Waals surface area contributed by atoms with Crippen molar-refractivity contribution in [3.63, 3.8) is 0 Å². The monoisotopic (exact) mass is 309 g/mol. The molecule has 4 nitrogen and oxygen atoms in total. The Bertz CT molecular complexity index is 701. The number of rotatable bonds is 5. The highest BCUT2D eigenvalue weighted by molar-refractivity contribution is 5.53. The van der Waals surface area contributed by atoms with E-state index in [0.29, 0.717) is 0 Å². The average Bonchev–Trinajstić information content (AvgIpc) is 2.58. The van der Waals surface area contributed by atoms with Crippen molar-refractivity contribution in [1.29, 1.82) is 0 Å². The number of nitrogens with zero attached hydrogens (tertiary/aromatic N) is 1. The first kappa shape index (κ1) is 15.4. The Morgan fingerprint density at radius 3 is 2.04 bits per heavy atom. The minimum Gasteiger partial charge on any atom is -0.303 e. The van der Waals surface area contributed by atoms with Gasteiger partial charge in [0.1, 0.15) is 6.29 Å². The lowest BCUT2D eigenvalue weighted by Crippen LogP contribution is -2.62. The van der Waals surface area contributed by atoms with Gasteiger partial charge in [-0.15, -0.1) is 0 Å². The molecule has 1 aliphatic carbocycles. The molecule has 0 aliphatic heterocycles. The van der Waals surface area contributed by atoms with Crippen molar-refractivity contribution >= 4 is 6.29 Å². The molecule has 3 rings (SSSR count). The van der Waals surface area contributed by atoms with Crippen LogP contribution in [0.2, 0.25) is 0 Å². The highest BCUT2D eigenvalue weighted by Crippen LogP contribution is 2.62. The third kappa shape index (κ3) is 2.34. The van der Waals surface area contributed by atoms with Crippen molar-refractivity contribution in [2.45, 2.75) is 30.7 Å². The molecule has 0 unspecified atom stereocenters. The van der Waals surface area contributed by atoms with Gasteiger partial charge in [-0.2, -0.15) is 0 Å². The molecule has 1 fully saturated rings. The van der Waals surface area contributed by atoms with E-state index in [2.05, 4.69) is 0 Å². The summed E-state index contributed by atoms with van der Waals surface area (Å²) in [5, 5.41) is 11.8. The molecular formula is C19H19NO3. The molecule has 0 amide bonds. The molecule has 2 aromatic rings. The number of carbonyl (C=O) groups excluding carboxylic acids is 1. The average molecular weight is 309 g/mol. The maximum absolute atomic E-state index is 11.8. The zero-order valence-corrected chi connectivity index (χ0v) is 13.0. The van der Waals surface area contributed by atoms with E-state index in [1.54, 1.807) is 6.92 Å². The number of carbonyl (C=O) groups is 1. The molecule has 0 N–H and O–H groups in total. The summed E-state index contributed by atoms with van der Waals surface area (Å²) in [6, 6.07) is 19.4. The van der Waals surface area contributed by atoms with Crippen LogP contribution in [0.25, 0.3) is 0 Å². The van der Waals surface area contributed by atoms with Crippen molar-refractivity contribution in [2.75, 3.05) is 0 Å². The molecule has 0 aromatic heterocycles. The van der Waals surface area contributed by atoms with E-state index in [4.69, 9.17) is 0 Å². The Morgan fingerprint density at radius 2 is 1.57 bits per heavy atom. The van der Waals surface area contributed by atoms with Gasteiger partial charge < -0.3 is 4.79 Å². The number of hydrogen-bond acceptors (Lipinski definition) is 3. The minimum atomic E-state index is -1.12. The van der Waals surface area contributed by atoms with Crippen LogP contribution in [-0.2, 0) is 4.79 Å². The van der Waals surface area contributed by atoms with Gasteiger partial charge >= 0.3 is 0 Å². The molecule has 0 saturated heterocycles. The number of benzene rings is 2. The van der Waals surface area contributed by atoms with Crippen molar-refractivity contribution in [1.82, 2.24) is 0 Å². The smallest absolute Gasteiger partial charge is 0.230 e. The molecule has 2 aromatic carbocycles. The van der Waals surface area contributed by atoms with E-state index >= 15 is 0 Å². The van der Waals surface area contributed by atoms with Crippen LogP contribution < -0.4 is 0 Å². The van der Waals surface area contributed by atoms with E-state index < -0.39 is 5.54 Å². The number of aldehydes is 1. The van der Waals surface area contributed by atoms with Crippen LogP contribution >= 0.6 is 0 Å². The zero-order chi connectivity index (χ0) is 16.4. The third-order valence-corrected chi connectivity index (χ3v) is 5.26. The van der Waals surface area contributed by atoms with Gasteiger partial charge in [0.05, 0.1) is 5.92 Å². The maximum atomic E-state index is 11.8. The highest BCUT2D eigenvalue weighted by Gasteiger charge is 2.68. The predicted octanol–water partition coefficient (Wildman–Crippen LogP) is 3.81. The SMILES string of the molecule is C[C@]1([N+](=O)[O-])[C@H](CC=O)[C@@H](c2ccccc2)[C@@H]1c1ccccc1. The lowest BCUT2D eigenvalue weighted by molar-refractivity contribution is -0.601. The summed E-state index contributed by atoms with van der Waals surface area (Å²) >= 11 is 0. The van der Waals surface area contributed by atoms with E-state index in [9.17, 15) is 14.9 Å². The maximum Gasteiger partial charge on any atom is 0.230 e. The standard InChI is InChI=1S/C19H19NO3/c1-19(20(22)23)16(12-13-21)17(14-8-4-2-5-9-14)18(19)15-10-6-3-7-11-15/h2-11,13,16-18H,12H2,1H3/t16-,17-,18+,19+/m1/s1. The van der Waals surface area contributed by atoms with Crippen LogP contribution in [0.3, 0.4) is 0 Å². The minimum absolute atomic E-state index is 0.0146.